The molecule has 2 heterocycles. The second kappa shape index (κ2) is 10.9. The quantitative estimate of drug-likeness (QED) is 0.511. The van der Waals surface area contributed by atoms with Crippen LogP contribution < -0.4 is 15.5 Å². The lowest BCUT2D eigenvalue weighted by Gasteiger charge is -2.41. The first-order valence-corrected chi connectivity index (χ1v) is 11.0. The van der Waals surface area contributed by atoms with E-state index in [-0.39, 0.29) is 11.4 Å². The van der Waals surface area contributed by atoms with Crippen LogP contribution in [-0.2, 0) is 4.74 Å². The van der Waals surface area contributed by atoms with Gasteiger partial charge in [-0.15, -0.1) is 0 Å². The number of guanidine groups is 1. The summed E-state index contributed by atoms with van der Waals surface area (Å²) >= 11 is 0. The third-order valence-electron chi connectivity index (χ3n) is 6.06. The highest BCUT2D eigenvalue weighted by molar-refractivity contribution is 5.79. The van der Waals surface area contributed by atoms with Crippen molar-refractivity contribution in [1.29, 1.82) is 0 Å². The van der Waals surface area contributed by atoms with Crippen molar-refractivity contribution < 1.29 is 9.13 Å². The van der Waals surface area contributed by atoms with Crippen LogP contribution in [0.25, 0.3) is 0 Å². The number of hydrogen-bond donors (Lipinski definition) is 2. The lowest BCUT2D eigenvalue weighted by molar-refractivity contribution is -0.00834. The van der Waals surface area contributed by atoms with Gasteiger partial charge in [-0.1, -0.05) is 0 Å². The van der Waals surface area contributed by atoms with Gasteiger partial charge in [-0.25, -0.2) is 4.39 Å². The molecule has 0 spiro atoms. The van der Waals surface area contributed by atoms with Gasteiger partial charge in [-0.05, 0) is 38.1 Å². The molecule has 0 radical (unpaired) electrons. The van der Waals surface area contributed by atoms with Crippen molar-refractivity contribution in [2.75, 3.05) is 84.1 Å². The van der Waals surface area contributed by atoms with Gasteiger partial charge in [0.25, 0.3) is 0 Å². The highest BCUT2D eigenvalue weighted by Gasteiger charge is 2.28. The molecule has 2 aliphatic rings. The van der Waals surface area contributed by atoms with Crippen molar-refractivity contribution in [3.05, 3.63) is 30.1 Å². The molecule has 2 N–H and O–H groups in total. The first-order chi connectivity index (χ1) is 14.5. The number of morpholine rings is 1. The van der Waals surface area contributed by atoms with Crippen molar-refractivity contribution in [2.24, 2.45) is 4.99 Å². The standard InChI is InChI=1S/C22H37FN6O/c1-22(2,29-14-16-30-17-15-29)18-26-21(24-3)25-8-9-27-10-12-28(13-11-27)20-6-4-19(23)5-7-20/h4-7H,8-18H2,1-3H3,(H2,24,25,26). The average Bonchev–Trinajstić information content (AvgIpc) is 2.78. The zero-order valence-electron chi connectivity index (χ0n) is 18.7. The van der Waals surface area contributed by atoms with E-state index in [2.05, 4.69) is 44.2 Å². The summed E-state index contributed by atoms with van der Waals surface area (Å²) in [5, 5.41) is 6.92. The van der Waals surface area contributed by atoms with E-state index in [1.165, 1.54) is 12.1 Å². The minimum Gasteiger partial charge on any atom is -0.379 e. The van der Waals surface area contributed by atoms with Gasteiger partial charge in [0.05, 0.1) is 13.2 Å². The highest BCUT2D eigenvalue weighted by atomic mass is 19.1. The number of halogens is 1. The van der Waals surface area contributed by atoms with Gasteiger partial charge >= 0.3 is 0 Å². The lowest BCUT2D eigenvalue weighted by Crippen LogP contribution is -2.57. The van der Waals surface area contributed by atoms with Crippen LogP contribution in [-0.4, -0.2) is 100 Å². The molecule has 0 amide bonds. The predicted molar refractivity (Wildman–Crippen MR) is 121 cm³/mol. The maximum absolute atomic E-state index is 13.1. The Morgan fingerprint density at radius 3 is 2.33 bits per heavy atom. The van der Waals surface area contributed by atoms with E-state index in [0.717, 1.165) is 83.8 Å². The van der Waals surface area contributed by atoms with Crippen molar-refractivity contribution >= 4 is 11.6 Å². The molecule has 0 saturated carbocycles. The number of piperazine rings is 1. The number of rotatable bonds is 7. The summed E-state index contributed by atoms with van der Waals surface area (Å²) in [5.74, 6) is 0.667. The molecule has 2 saturated heterocycles. The van der Waals surface area contributed by atoms with Crippen molar-refractivity contribution in [1.82, 2.24) is 20.4 Å². The molecule has 2 aliphatic heterocycles. The Morgan fingerprint density at radius 2 is 1.70 bits per heavy atom. The van der Waals surface area contributed by atoms with E-state index in [1.807, 2.05) is 19.2 Å². The van der Waals surface area contributed by atoms with E-state index in [9.17, 15) is 4.39 Å². The van der Waals surface area contributed by atoms with Crippen LogP contribution in [0.15, 0.2) is 29.3 Å². The number of nitrogens with one attached hydrogen (secondary N) is 2. The van der Waals surface area contributed by atoms with Gasteiger partial charge in [0, 0.05) is 77.2 Å². The molecule has 0 bridgehead atoms. The fourth-order valence-corrected chi connectivity index (χ4v) is 4.02. The number of hydrogen-bond acceptors (Lipinski definition) is 5. The summed E-state index contributed by atoms with van der Waals surface area (Å²) in [6, 6.07) is 6.79. The molecule has 1 aromatic carbocycles. The van der Waals surface area contributed by atoms with Crippen LogP contribution in [0, 0.1) is 5.82 Å². The summed E-state index contributed by atoms with van der Waals surface area (Å²) in [7, 11) is 1.82. The maximum Gasteiger partial charge on any atom is 0.191 e. The molecule has 0 aromatic heterocycles. The van der Waals surface area contributed by atoms with E-state index >= 15 is 0 Å². The van der Waals surface area contributed by atoms with Gasteiger partial charge in [-0.2, -0.15) is 0 Å². The Balaban J connectivity index is 1.34. The van der Waals surface area contributed by atoms with E-state index < -0.39 is 0 Å². The number of aliphatic imine (C=N–C) groups is 1. The molecule has 0 atom stereocenters. The van der Waals surface area contributed by atoms with Crippen molar-refractivity contribution in [3.63, 3.8) is 0 Å². The highest BCUT2D eigenvalue weighted by Crippen LogP contribution is 2.17. The first kappa shape index (κ1) is 22.8. The largest absolute Gasteiger partial charge is 0.379 e. The smallest absolute Gasteiger partial charge is 0.191 e. The molecule has 1 aromatic rings. The zero-order chi connectivity index (χ0) is 21.4. The molecule has 2 fully saturated rings. The summed E-state index contributed by atoms with van der Waals surface area (Å²) < 4.78 is 18.6. The number of anilines is 1. The molecule has 8 heteroatoms. The summed E-state index contributed by atoms with van der Waals surface area (Å²) in [5.41, 5.74) is 1.15. The Kier molecular flexibility index (Phi) is 8.30. The van der Waals surface area contributed by atoms with Gasteiger partial charge in [0.15, 0.2) is 5.96 Å². The van der Waals surface area contributed by atoms with Gasteiger partial charge < -0.3 is 20.3 Å². The molecule has 30 heavy (non-hydrogen) atoms. The van der Waals surface area contributed by atoms with Gasteiger partial charge in [-0.3, -0.25) is 14.8 Å². The maximum atomic E-state index is 13.1. The molecule has 7 nitrogen and oxygen atoms in total. The Hall–Kier alpha value is -1.90. The fraction of sp³-hybridized carbons (Fsp3) is 0.682. The Labute approximate surface area is 180 Å². The predicted octanol–water partition coefficient (Wildman–Crippen LogP) is 1.22. The SMILES string of the molecule is CN=C(NCCN1CCN(c2ccc(F)cc2)CC1)NCC(C)(C)N1CCOCC1. The molecular weight excluding hydrogens is 383 g/mol. The van der Waals surface area contributed by atoms with E-state index in [0.29, 0.717) is 0 Å². The topological polar surface area (TPSA) is 55.4 Å². The van der Waals surface area contributed by atoms with Crippen LogP contribution in [0.5, 0.6) is 0 Å². The summed E-state index contributed by atoms with van der Waals surface area (Å²) in [6.07, 6.45) is 0. The van der Waals surface area contributed by atoms with E-state index in [4.69, 9.17) is 4.74 Å². The van der Waals surface area contributed by atoms with Crippen LogP contribution in [0.3, 0.4) is 0 Å². The van der Waals surface area contributed by atoms with Crippen molar-refractivity contribution in [3.8, 4) is 0 Å². The van der Waals surface area contributed by atoms with Crippen LogP contribution >= 0.6 is 0 Å². The van der Waals surface area contributed by atoms with Gasteiger partial charge in [0.1, 0.15) is 5.82 Å². The van der Waals surface area contributed by atoms with Crippen LogP contribution in [0.4, 0.5) is 10.1 Å². The summed E-state index contributed by atoms with van der Waals surface area (Å²) in [4.78, 5) is 11.6. The van der Waals surface area contributed by atoms with Gasteiger partial charge in [0.2, 0.25) is 0 Å². The number of ether oxygens (including phenoxy) is 1. The zero-order valence-corrected chi connectivity index (χ0v) is 18.7. The normalized spacial score (nSPS) is 19.7. The second-order valence-corrected chi connectivity index (χ2v) is 8.57. The van der Waals surface area contributed by atoms with Crippen LogP contribution in [0.2, 0.25) is 0 Å². The molecular formula is C22H37FN6O. The lowest BCUT2D eigenvalue weighted by atomic mass is 10.0. The Bertz CT molecular complexity index is 667. The molecule has 3 rings (SSSR count). The number of benzene rings is 1. The van der Waals surface area contributed by atoms with Crippen molar-refractivity contribution in [2.45, 2.75) is 19.4 Å². The third kappa shape index (κ3) is 6.55. The van der Waals surface area contributed by atoms with E-state index in [1.54, 1.807) is 0 Å². The fourth-order valence-electron chi connectivity index (χ4n) is 4.02. The average molecular weight is 421 g/mol. The number of nitrogens with zero attached hydrogens (tertiary/aromatic N) is 4. The summed E-state index contributed by atoms with van der Waals surface area (Å²) in [6.45, 7) is 14.7. The monoisotopic (exact) mass is 420 g/mol. The molecule has 168 valence electrons. The minimum absolute atomic E-state index is 0.0537. The first-order valence-electron chi connectivity index (χ1n) is 11.0. The third-order valence-corrected chi connectivity index (χ3v) is 6.06. The van der Waals surface area contributed by atoms with Crippen LogP contribution in [0.1, 0.15) is 13.8 Å². The second-order valence-electron chi connectivity index (χ2n) is 8.57. The minimum atomic E-state index is -0.182. The molecule has 0 unspecified atom stereocenters. The molecule has 0 aliphatic carbocycles. The Morgan fingerprint density at radius 1 is 1.03 bits per heavy atom.